The zero-order valence-electron chi connectivity index (χ0n) is 16.9. The normalized spacial score (nSPS) is 9.89. The molecule has 0 atom stereocenters. The molecule has 0 saturated carbocycles. The van der Waals surface area contributed by atoms with Crippen LogP contribution in [0.15, 0.2) is 66.7 Å². The smallest absolute Gasteiger partial charge is 0.0253 e. The molecule has 3 aromatic carbocycles. The Balaban J connectivity index is 0.000000432. The fourth-order valence-corrected chi connectivity index (χ4v) is 2.96. The van der Waals surface area contributed by atoms with Crippen LogP contribution in [-0.2, 0) is 36.2 Å². The summed E-state index contributed by atoms with van der Waals surface area (Å²) in [5.74, 6) is 0. The van der Waals surface area contributed by atoms with Gasteiger partial charge in [-0.15, -0.1) is 5.56 Å². The average Bonchev–Trinajstić information content (AvgIpc) is 3.27. The number of fused-ring (bicyclic) bond motifs is 3. The summed E-state index contributed by atoms with van der Waals surface area (Å²) in [5, 5.41) is 0. The van der Waals surface area contributed by atoms with Crippen LogP contribution in [-0.4, -0.2) is 5.43 Å². The molecule has 28 heavy (non-hydrogen) atoms. The van der Waals surface area contributed by atoms with Gasteiger partial charge in [0.1, 0.15) is 0 Å². The molecule has 0 nitrogen and oxygen atoms in total. The second kappa shape index (κ2) is 15.3. The summed E-state index contributed by atoms with van der Waals surface area (Å²) in [6.45, 7) is 6.84. The van der Waals surface area contributed by atoms with Crippen molar-refractivity contribution in [2.24, 2.45) is 0 Å². The molecule has 0 amide bonds. The Hall–Kier alpha value is -0.530. The number of unbranched alkanes of at least 4 members (excludes halogenated alkanes) is 1. The van der Waals surface area contributed by atoms with Crippen molar-refractivity contribution in [1.82, 2.24) is 0 Å². The van der Waals surface area contributed by atoms with Gasteiger partial charge in [-0.1, -0.05) is 61.6 Å². The first-order valence-corrected chi connectivity index (χ1v) is 15.6. The molecule has 4 heteroatoms. The summed E-state index contributed by atoms with van der Waals surface area (Å²) >= 11 is 1.74. The molecule has 0 N–H and O–H groups in total. The Morgan fingerprint density at radius 3 is 2.36 bits per heavy atom. The molecule has 148 valence electrons. The number of aryl methyl sites for hydroxylation is 1. The number of hydrogen-bond donors (Lipinski definition) is 0. The Morgan fingerprint density at radius 2 is 1.71 bits per heavy atom. The van der Waals surface area contributed by atoms with Gasteiger partial charge in [0.2, 0.25) is 0 Å². The summed E-state index contributed by atoms with van der Waals surface area (Å²) in [5.41, 5.74) is 7.20. The van der Waals surface area contributed by atoms with Crippen LogP contribution in [0, 0.1) is 6.07 Å². The van der Waals surface area contributed by atoms with Crippen molar-refractivity contribution >= 4 is 5.43 Å². The third-order valence-corrected chi connectivity index (χ3v) is 4.17. The van der Waals surface area contributed by atoms with E-state index in [0.29, 0.717) is 0 Å². The SMILES string of the molecule is CCCCc1cc[cH-]c1.C[Si](C)=[Zr+2].[Cl-].[Cl-].[c-]1cccc2c1Cc1ccccc1-2. The Morgan fingerprint density at radius 1 is 1.04 bits per heavy atom. The third kappa shape index (κ3) is 9.31. The molecular formula is C24H28Cl2SiZr-2. The van der Waals surface area contributed by atoms with Crippen LogP contribution in [0.5, 0.6) is 0 Å². The third-order valence-electron chi connectivity index (χ3n) is 4.17. The van der Waals surface area contributed by atoms with E-state index >= 15 is 0 Å². The summed E-state index contributed by atoms with van der Waals surface area (Å²) in [6.07, 6.45) is 4.92. The minimum absolute atomic E-state index is 0. The monoisotopic (exact) mass is 504 g/mol. The molecule has 0 aromatic heterocycles. The maximum absolute atomic E-state index is 3.30. The van der Waals surface area contributed by atoms with E-state index in [4.69, 9.17) is 0 Å². The Bertz CT molecular complexity index is 765. The van der Waals surface area contributed by atoms with Crippen LogP contribution in [0.25, 0.3) is 11.1 Å². The van der Waals surface area contributed by atoms with Crippen LogP contribution in [0.2, 0.25) is 13.1 Å². The van der Waals surface area contributed by atoms with Gasteiger partial charge in [-0.05, 0) is 6.42 Å². The van der Waals surface area contributed by atoms with Gasteiger partial charge >= 0.3 is 41.9 Å². The quantitative estimate of drug-likeness (QED) is 0.282. The van der Waals surface area contributed by atoms with Crippen molar-refractivity contribution in [1.29, 1.82) is 0 Å². The van der Waals surface area contributed by atoms with Crippen molar-refractivity contribution in [2.45, 2.75) is 45.7 Å². The molecular weight excluding hydrogens is 478 g/mol. The molecule has 1 aliphatic carbocycles. The summed E-state index contributed by atoms with van der Waals surface area (Å²) in [6, 6.07) is 26.7. The van der Waals surface area contributed by atoms with Crippen molar-refractivity contribution in [2.75, 3.05) is 0 Å². The molecule has 0 aliphatic heterocycles. The molecule has 0 heterocycles. The van der Waals surface area contributed by atoms with Gasteiger partial charge in [0, 0.05) is 0 Å². The zero-order chi connectivity index (χ0) is 18.8. The summed E-state index contributed by atoms with van der Waals surface area (Å²) in [7, 11) is 0. The maximum atomic E-state index is 3.30. The fourth-order valence-electron chi connectivity index (χ4n) is 2.96. The zero-order valence-corrected chi connectivity index (χ0v) is 21.9. The van der Waals surface area contributed by atoms with Crippen molar-refractivity contribution in [3.8, 4) is 11.1 Å². The van der Waals surface area contributed by atoms with Gasteiger partial charge in [0.25, 0.3) is 0 Å². The van der Waals surface area contributed by atoms with Gasteiger partial charge in [0.05, 0.1) is 0 Å². The topological polar surface area (TPSA) is 0 Å². The molecule has 0 bridgehead atoms. The molecule has 0 unspecified atom stereocenters. The molecule has 3 aromatic rings. The second-order valence-corrected chi connectivity index (χ2v) is 16.2. The predicted molar refractivity (Wildman–Crippen MR) is 112 cm³/mol. The number of hydrogen-bond acceptors (Lipinski definition) is 0. The van der Waals surface area contributed by atoms with E-state index in [2.05, 4.69) is 86.7 Å². The van der Waals surface area contributed by atoms with Crippen LogP contribution >= 0.6 is 0 Å². The second-order valence-electron chi connectivity index (χ2n) is 6.79. The number of rotatable bonds is 3. The number of benzene rings is 2. The summed E-state index contributed by atoms with van der Waals surface area (Å²) < 4.78 is 0. The van der Waals surface area contributed by atoms with Gasteiger partial charge in [-0.25, -0.2) is 6.07 Å². The predicted octanol–water partition coefficient (Wildman–Crippen LogP) is 0.598. The van der Waals surface area contributed by atoms with Crippen LogP contribution < -0.4 is 24.8 Å². The first kappa shape index (κ1) is 27.5. The number of halogens is 2. The Kier molecular flexibility index (Phi) is 15.0. The minimum Gasteiger partial charge on any atom is -1.00 e. The molecule has 0 saturated heterocycles. The van der Waals surface area contributed by atoms with E-state index < -0.39 is 0 Å². The van der Waals surface area contributed by atoms with Crippen LogP contribution in [0.3, 0.4) is 0 Å². The average molecular weight is 507 g/mol. The minimum atomic E-state index is 0. The van der Waals surface area contributed by atoms with E-state index in [9.17, 15) is 0 Å². The first-order valence-electron chi connectivity index (χ1n) is 9.42. The molecule has 0 fully saturated rings. The van der Waals surface area contributed by atoms with Gasteiger partial charge in [-0.2, -0.15) is 53.6 Å². The van der Waals surface area contributed by atoms with Gasteiger partial charge in [0.15, 0.2) is 0 Å². The van der Waals surface area contributed by atoms with E-state index in [1.807, 2.05) is 6.07 Å². The van der Waals surface area contributed by atoms with E-state index in [-0.39, 0.29) is 30.2 Å². The van der Waals surface area contributed by atoms with E-state index in [0.717, 1.165) is 6.42 Å². The molecule has 1 aliphatic rings. The van der Waals surface area contributed by atoms with Crippen molar-refractivity contribution < 1.29 is 48.1 Å². The fraction of sp³-hybridized carbons (Fsp3) is 0.292. The van der Waals surface area contributed by atoms with Crippen molar-refractivity contribution in [3.05, 3.63) is 89.5 Å². The molecule has 0 spiro atoms. The van der Waals surface area contributed by atoms with Crippen LogP contribution in [0.4, 0.5) is 0 Å². The maximum Gasteiger partial charge on any atom is -0.0253 e. The standard InChI is InChI=1S/C13H9.C9H13.C2H6Si.2ClH.Zr/c1-3-7-12-10(5-1)9-11-6-2-4-8-13(11)12;1-2-3-6-9-7-4-5-8-9;1-3-2;;;/h1-5,7-8H,9H2;4-5,7-8H,2-3,6H2,1H3;1-2H3;2*1H;/q2*-1;;;;+2/p-2. The van der Waals surface area contributed by atoms with Gasteiger partial charge < -0.3 is 24.8 Å². The van der Waals surface area contributed by atoms with Crippen molar-refractivity contribution in [3.63, 3.8) is 0 Å². The molecule has 4 rings (SSSR count). The first-order chi connectivity index (χ1) is 12.6. The summed E-state index contributed by atoms with van der Waals surface area (Å²) in [4.78, 5) is 0. The largest absolute Gasteiger partial charge is 1.00 e. The van der Waals surface area contributed by atoms with Crippen LogP contribution in [0.1, 0.15) is 36.5 Å². The van der Waals surface area contributed by atoms with E-state index in [1.165, 1.54) is 47.1 Å². The van der Waals surface area contributed by atoms with E-state index in [1.54, 1.807) is 23.3 Å². The molecule has 0 radical (unpaired) electrons. The Labute approximate surface area is 198 Å². The van der Waals surface area contributed by atoms with Gasteiger partial charge in [-0.3, -0.25) is 0 Å².